The Balaban J connectivity index is 1.59. The van der Waals surface area contributed by atoms with Gasteiger partial charge < -0.3 is 25.6 Å². The number of benzene rings is 3. The van der Waals surface area contributed by atoms with E-state index in [-0.39, 0.29) is 35.9 Å². The lowest BCUT2D eigenvalue weighted by atomic mass is 9.97. The maximum atomic E-state index is 13.7. The van der Waals surface area contributed by atoms with Crippen molar-refractivity contribution >= 4 is 15.9 Å². The van der Waals surface area contributed by atoms with E-state index in [9.17, 15) is 18.3 Å². The molecule has 4 N–H and O–H groups in total. The zero-order valence-electron chi connectivity index (χ0n) is 23.7. The Morgan fingerprint density at radius 3 is 2.46 bits per heavy atom. The summed E-state index contributed by atoms with van der Waals surface area (Å²) in [6.07, 6.45) is -0.240. The van der Waals surface area contributed by atoms with Crippen molar-refractivity contribution in [2.75, 3.05) is 26.8 Å². The third-order valence-corrected chi connectivity index (χ3v) is 8.94. The molecule has 1 aliphatic rings. The molecule has 41 heavy (non-hydrogen) atoms. The van der Waals surface area contributed by atoms with Gasteiger partial charge in [0.15, 0.2) is 0 Å². The van der Waals surface area contributed by atoms with E-state index in [1.807, 2.05) is 44.2 Å². The van der Waals surface area contributed by atoms with Gasteiger partial charge in [-0.25, -0.2) is 8.42 Å². The highest BCUT2D eigenvalue weighted by Crippen LogP contribution is 2.31. The molecular formula is C31H39N3O6S. The zero-order chi connectivity index (χ0) is 29.6. The van der Waals surface area contributed by atoms with E-state index in [1.54, 1.807) is 30.3 Å². The molecule has 4 rings (SSSR count). The van der Waals surface area contributed by atoms with Crippen LogP contribution < -0.4 is 20.5 Å². The lowest BCUT2D eigenvalue weighted by molar-refractivity contribution is 0.0775. The Hall–Kier alpha value is -3.44. The summed E-state index contributed by atoms with van der Waals surface area (Å²) in [6, 6.07) is 19.7. The molecule has 0 saturated heterocycles. The highest BCUT2D eigenvalue weighted by atomic mass is 32.2. The first-order valence-corrected chi connectivity index (χ1v) is 15.2. The molecule has 1 amide bonds. The number of methoxy groups -OCH3 is 1. The normalized spacial score (nSPS) is 16.5. The van der Waals surface area contributed by atoms with Crippen molar-refractivity contribution in [3.8, 4) is 11.5 Å². The lowest BCUT2D eigenvalue weighted by Crippen LogP contribution is -2.51. The SMILES string of the molecule is COc1ccc(S(=O)(=O)N(CC(C)C)C[C@H](O)[C@H](Cc2ccccc2)NC(=O)c2ccc3c(c2)[C@@H](N)CCO3)cc1. The summed E-state index contributed by atoms with van der Waals surface area (Å²) < 4.78 is 39.4. The maximum absolute atomic E-state index is 13.7. The van der Waals surface area contributed by atoms with E-state index in [0.29, 0.717) is 36.5 Å². The number of sulfonamides is 1. The Labute approximate surface area is 242 Å². The lowest BCUT2D eigenvalue weighted by Gasteiger charge is -2.31. The van der Waals surface area contributed by atoms with E-state index in [1.165, 1.54) is 23.5 Å². The fourth-order valence-electron chi connectivity index (χ4n) is 4.88. The average Bonchev–Trinajstić information content (AvgIpc) is 2.96. The van der Waals surface area contributed by atoms with Crippen LogP contribution in [0.3, 0.4) is 0 Å². The van der Waals surface area contributed by atoms with Crippen LogP contribution in [0.1, 0.15) is 47.8 Å². The molecule has 0 unspecified atom stereocenters. The Morgan fingerprint density at radius 2 is 1.80 bits per heavy atom. The van der Waals surface area contributed by atoms with Crippen molar-refractivity contribution in [2.45, 2.75) is 49.8 Å². The molecule has 9 nitrogen and oxygen atoms in total. The Bertz CT molecular complexity index is 1410. The second kappa shape index (κ2) is 13.5. The van der Waals surface area contributed by atoms with Crippen LogP contribution in [0.4, 0.5) is 0 Å². The largest absolute Gasteiger partial charge is 0.497 e. The number of ether oxygens (including phenoxy) is 2. The van der Waals surface area contributed by atoms with Crippen molar-refractivity contribution in [3.63, 3.8) is 0 Å². The summed E-state index contributed by atoms with van der Waals surface area (Å²) in [6.45, 7) is 4.35. The molecule has 220 valence electrons. The summed E-state index contributed by atoms with van der Waals surface area (Å²) in [5.74, 6) is 0.812. The van der Waals surface area contributed by atoms with Gasteiger partial charge in [-0.3, -0.25) is 4.79 Å². The van der Waals surface area contributed by atoms with E-state index in [0.717, 1.165) is 11.1 Å². The summed E-state index contributed by atoms with van der Waals surface area (Å²) in [5.41, 5.74) is 8.29. The number of fused-ring (bicyclic) bond motifs is 1. The van der Waals surface area contributed by atoms with Gasteiger partial charge in [0.05, 0.1) is 30.8 Å². The second-order valence-corrected chi connectivity index (χ2v) is 12.7. The van der Waals surface area contributed by atoms with E-state index < -0.39 is 22.2 Å². The monoisotopic (exact) mass is 581 g/mol. The van der Waals surface area contributed by atoms with Crippen LogP contribution in [0.25, 0.3) is 0 Å². The molecule has 0 radical (unpaired) electrons. The first-order chi connectivity index (χ1) is 19.6. The average molecular weight is 582 g/mol. The molecule has 1 aliphatic heterocycles. The number of nitrogens with two attached hydrogens (primary N) is 1. The van der Waals surface area contributed by atoms with Gasteiger partial charge in [-0.2, -0.15) is 4.31 Å². The van der Waals surface area contributed by atoms with Gasteiger partial charge in [-0.15, -0.1) is 0 Å². The van der Waals surface area contributed by atoms with Crippen molar-refractivity contribution in [2.24, 2.45) is 11.7 Å². The number of aliphatic hydroxyl groups excluding tert-OH is 1. The third kappa shape index (κ3) is 7.65. The van der Waals surface area contributed by atoms with Crippen molar-refractivity contribution in [1.82, 2.24) is 9.62 Å². The molecular weight excluding hydrogens is 542 g/mol. The van der Waals surface area contributed by atoms with Gasteiger partial charge in [0.25, 0.3) is 5.91 Å². The molecule has 0 spiro atoms. The molecule has 3 aromatic carbocycles. The minimum absolute atomic E-state index is 0.000638. The van der Waals surface area contributed by atoms with Gasteiger partial charge in [0, 0.05) is 36.7 Å². The number of carbonyl (C=O) groups excluding carboxylic acids is 1. The van der Waals surface area contributed by atoms with Gasteiger partial charge in [0.1, 0.15) is 11.5 Å². The zero-order valence-corrected chi connectivity index (χ0v) is 24.5. The number of carbonyl (C=O) groups is 1. The van der Waals surface area contributed by atoms with Crippen molar-refractivity contribution in [3.05, 3.63) is 89.5 Å². The second-order valence-electron chi connectivity index (χ2n) is 10.7. The highest BCUT2D eigenvalue weighted by molar-refractivity contribution is 7.89. The topological polar surface area (TPSA) is 131 Å². The van der Waals surface area contributed by atoms with Crippen LogP contribution in [0.15, 0.2) is 77.7 Å². The number of hydrogen-bond donors (Lipinski definition) is 3. The van der Waals surface area contributed by atoms with Gasteiger partial charge in [-0.05, 0) is 60.4 Å². The molecule has 3 atom stereocenters. The number of hydrogen-bond acceptors (Lipinski definition) is 7. The van der Waals surface area contributed by atoms with Crippen molar-refractivity contribution in [1.29, 1.82) is 0 Å². The summed E-state index contributed by atoms with van der Waals surface area (Å²) in [4.78, 5) is 13.5. The molecule has 0 bridgehead atoms. The molecule has 0 aromatic heterocycles. The van der Waals surface area contributed by atoms with Crippen LogP contribution in [-0.2, 0) is 16.4 Å². The van der Waals surface area contributed by atoms with Gasteiger partial charge >= 0.3 is 0 Å². The van der Waals surface area contributed by atoms with E-state index in [2.05, 4.69) is 5.32 Å². The summed E-state index contributed by atoms with van der Waals surface area (Å²) in [5, 5.41) is 14.5. The molecule has 0 saturated carbocycles. The molecule has 10 heteroatoms. The minimum atomic E-state index is -3.94. The predicted molar refractivity (Wildman–Crippen MR) is 157 cm³/mol. The standard InChI is InChI=1S/C31H39N3O6S/c1-21(2)19-34(41(37,38)25-12-10-24(39-3)11-13-25)20-29(35)28(17-22-7-5-4-6-8-22)33-31(36)23-9-14-30-26(18-23)27(32)15-16-40-30/h4-14,18,21,27-29,35H,15-17,19-20,32H2,1-3H3,(H,33,36)/t27-,28-,29-/m0/s1. The predicted octanol–water partition coefficient (Wildman–Crippen LogP) is 3.53. The molecule has 0 fully saturated rings. The first kappa shape index (κ1) is 30.5. The maximum Gasteiger partial charge on any atom is 0.251 e. The van der Waals surface area contributed by atoms with Crippen LogP contribution in [0.2, 0.25) is 0 Å². The third-order valence-electron chi connectivity index (χ3n) is 7.09. The number of aliphatic hydroxyl groups is 1. The summed E-state index contributed by atoms with van der Waals surface area (Å²) >= 11 is 0. The van der Waals surface area contributed by atoms with Crippen LogP contribution in [0.5, 0.6) is 11.5 Å². The Kier molecular flexibility index (Phi) is 10.0. The van der Waals surface area contributed by atoms with Crippen molar-refractivity contribution < 1.29 is 27.8 Å². The smallest absolute Gasteiger partial charge is 0.251 e. The Morgan fingerprint density at radius 1 is 1.10 bits per heavy atom. The minimum Gasteiger partial charge on any atom is -0.497 e. The molecule has 3 aromatic rings. The number of rotatable bonds is 12. The fourth-order valence-corrected chi connectivity index (χ4v) is 6.50. The molecule has 1 heterocycles. The van der Waals surface area contributed by atoms with E-state index >= 15 is 0 Å². The van der Waals surface area contributed by atoms with Gasteiger partial charge in [0.2, 0.25) is 10.0 Å². The first-order valence-electron chi connectivity index (χ1n) is 13.8. The number of nitrogens with one attached hydrogen (secondary N) is 1. The van der Waals surface area contributed by atoms with Crippen LogP contribution in [0, 0.1) is 5.92 Å². The quantitative estimate of drug-likeness (QED) is 0.298. The van der Waals surface area contributed by atoms with E-state index in [4.69, 9.17) is 15.2 Å². The fraction of sp³-hybridized carbons (Fsp3) is 0.387. The summed E-state index contributed by atoms with van der Waals surface area (Å²) in [7, 11) is -2.43. The number of amides is 1. The van der Waals surface area contributed by atoms with Crippen LogP contribution >= 0.6 is 0 Å². The highest BCUT2D eigenvalue weighted by Gasteiger charge is 2.32. The van der Waals surface area contributed by atoms with Crippen LogP contribution in [-0.4, -0.2) is 62.7 Å². The number of nitrogens with zero attached hydrogens (tertiary/aromatic N) is 1. The molecule has 0 aliphatic carbocycles. The van der Waals surface area contributed by atoms with Gasteiger partial charge in [-0.1, -0.05) is 44.2 Å².